The van der Waals surface area contributed by atoms with Gasteiger partial charge in [0.15, 0.2) is 5.82 Å². The first-order valence-corrected chi connectivity index (χ1v) is 6.75. The minimum atomic E-state index is 0.448. The summed E-state index contributed by atoms with van der Waals surface area (Å²) in [5.74, 6) is 1.53. The van der Waals surface area contributed by atoms with Gasteiger partial charge >= 0.3 is 0 Å². The Morgan fingerprint density at radius 2 is 2.17 bits per heavy atom. The fourth-order valence-corrected chi connectivity index (χ4v) is 2.41. The SMILES string of the molecule is CCOCc1nc(NC)cc(-c2ccc(C)s2)n1. The van der Waals surface area contributed by atoms with Crippen LogP contribution in [0.1, 0.15) is 17.6 Å². The first-order valence-electron chi connectivity index (χ1n) is 5.93. The molecule has 0 bridgehead atoms. The van der Waals surface area contributed by atoms with Crippen LogP contribution in [0.25, 0.3) is 10.6 Å². The molecule has 0 saturated carbocycles. The Hall–Kier alpha value is -1.46. The number of anilines is 1. The van der Waals surface area contributed by atoms with E-state index in [-0.39, 0.29) is 0 Å². The Kier molecular flexibility index (Phi) is 4.28. The lowest BCUT2D eigenvalue weighted by Gasteiger charge is -2.06. The number of hydrogen-bond acceptors (Lipinski definition) is 5. The van der Waals surface area contributed by atoms with Crippen molar-refractivity contribution in [2.75, 3.05) is 19.0 Å². The van der Waals surface area contributed by atoms with E-state index in [1.54, 1.807) is 11.3 Å². The number of aryl methyl sites for hydroxylation is 1. The molecule has 1 N–H and O–H groups in total. The molecule has 0 fully saturated rings. The molecule has 2 aromatic rings. The Labute approximate surface area is 111 Å². The van der Waals surface area contributed by atoms with Gasteiger partial charge in [0.05, 0.1) is 10.6 Å². The maximum absolute atomic E-state index is 5.37. The molecular weight excluding hydrogens is 246 g/mol. The van der Waals surface area contributed by atoms with Crippen molar-refractivity contribution in [3.05, 3.63) is 28.9 Å². The monoisotopic (exact) mass is 263 g/mol. The van der Waals surface area contributed by atoms with E-state index in [1.165, 1.54) is 4.88 Å². The third kappa shape index (κ3) is 3.05. The summed E-state index contributed by atoms with van der Waals surface area (Å²) in [6.45, 7) is 5.17. The van der Waals surface area contributed by atoms with E-state index in [1.807, 2.05) is 20.0 Å². The third-order valence-electron chi connectivity index (χ3n) is 2.46. The Balaban J connectivity index is 2.34. The maximum atomic E-state index is 5.37. The van der Waals surface area contributed by atoms with Gasteiger partial charge < -0.3 is 10.1 Å². The van der Waals surface area contributed by atoms with Gasteiger partial charge in [-0.1, -0.05) is 0 Å². The van der Waals surface area contributed by atoms with Gasteiger partial charge in [0, 0.05) is 24.6 Å². The van der Waals surface area contributed by atoms with Crippen molar-refractivity contribution in [1.82, 2.24) is 9.97 Å². The minimum Gasteiger partial charge on any atom is -0.374 e. The van der Waals surface area contributed by atoms with Crippen LogP contribution in [0.4, 0.5) is 5.82 Å². The molecule has 0 spiro atoms. The maximum Gasteiger partial charge on any atom is 0.157 e. The summed E-state index contributed by atoms with van der Waals surface area (Å²) in [5.41, 5.74) is 0.946. The summed E-state index contributed by atoms with van der Waals surface area (Å²) in [7, 11) is 1.86. The van der Waals surface area contributed by atoms with Gasteiger partial charge in [0.1, 0.15) is 12.4 Å². The second-order valence-corrected chi connectivity index (χ2v) is 5.14. The van der Waals surface area contributed by atoms with Crippen LogP contribution in [0, 0.1) is 6.92 Å². The third-order valence-corrected chi connectivity index (χ3v) is 3.48. The standard InChI is InChI=1S/C13H17N3OS/c1-4-17-8-13-15-10(7-12(14-3)16-13)11-6-5-9(2)18-11/h5-7H,4,8H2,1-3H3,(H,14,15,16). The largest absolute Gasteiger partial charge is 0.374 e. The van der Waals surface area contributed by atoms with E-state index in [9.17, 15) is 0 Å². The summed E-state index contributed by atoms with van der Waals surface area (Å²) in [6.07, 6.45) is 0. The molecule has 18 heavy (non-hydrogen) atoms. The average Bonchev–Trinajstić information content (AvgIpc) is 2.82. The number of nitrogens with zero attached hydrogens (tertiary/aromatic N) is 2. The number of hydrogen-bond donors (Lipinski definition) is 1. The highest BCUT2D eigenvalue weighted by molar-refractivity contribution is 7.15. The van der Waals surface area contributed by atoms with Crippen LogP contribution in [-0.4, -0.2) is 23.6 Å². The van der Waals surface area contributed by atoms with Gasteiger partial charge in [-0.25, -0.2) is 9.97 Å². The number of thiophene rings is 1. The molecule has 0 atom stereocenters. The zero-order chi connectivity index (χ0) is 13.0. The highest BCUT2D eigenvalue weighted by Gasteiger charge is 2.07. The van der Waals surface area contributed by atoms with Crippen LogP contribution in [0.15, 0.2) is 18.2 Å². The zero-order valence-corrected chi connectivity index (χ0v) is 11.7. The first kappa shape index (κ1) is 13.0. The van der Waals surface area contributed by atoms with Crippen molar-refractivity contribution in [1.29, 1.82) is 0 Å². The van der Waals surface area contributed by atoms with E-state index in [2.05, 4.69) is 34.3 Å². The minimum absolute atomic E-state index is 0.448. The summed E-state index contributed by atoms with van der Waals surface area (Å²) in [4.78, 5) is 11.4. The van der Waals surface area contributed by atoms with Crippen LogP contribution in [0.3, 0.4) is 0 Å². The Morgan fingerprint density at radius 3 is 2.78 bits per heavy atom. The van der Waals surface area contributed by atoms with Crippen molar-refractivity contribution in [2.24, 2.45) is 0 Å². The van der Waals surface area contributed by atoms with E-state index < -0.39 is 0 Å². The van der Waals surface area contributed by atoms with E-state index in [0.29, 0.717) is 19.0 Å². The second-order valence-electron chi connectivity index (χ2n) is 3.85. The van der Waals surface area contributed by atoms with Gasteiger partial charge in [0.25, 0.3) is 0 Å². The van der Waals surface area contributed by atoms with Crippen molar-refractivity contribution in [3.63, 3.8) is 0 Å². The van der Waals surface area contributed by atoms with Gasteiger partial charge in [-0.2, -0.15) is 0 Å². The Bertz CT molecular complexity index is 525. The molecule has 0 unspecified atom stereocenters. The van der Waals surface area contributed by atoms with Gasteiger partial charge in [-0.05, 0) is 26.0 Å². The van der Waals surface area contributed by atoms with Crippen LogP contribution >= 0.6 is 11.3 Å². The highest BCUT2D eigenvalue weighted by Crippen LogP contribution is 2.27. The predicted molar refractivity (Wildman–Crippen MR) is 75.0 cm³/mol. The molecule has 0 radical (unpaired) electrons. The topological polar surface area (TPSA) is 47.0 Å². The summed E-state index contributed by atoms with van der Waals surface area (Å²) >= 11 is 1.73. The molecule has 2 heterocycles. The fraction of sp³-hybridized carbons (Fsp3) is 0.385. The molecule has 2 rings (SSSR count). The summed E-state index contributed by atoms with van der Waals surface area (Å²) in [5, 5.41) is 3.06. The molecule has 0 aliphatic heterocycles. The highest BCUT2D eigenvalue weighted by atomic mass is 32.1. The Morgan fingerprint density at radius 1 is 1.33 bits per heavy atom. The summed E-state index contributed by atoms with van der Waals surface area (Å²) < 4.78 is 5.37. The quantitative estimate of drug-likeness (QED) is 0.900. The lowest BCUT2D eigenvalue weighted by Crippen LogP contribution is -2.03. The fourth-order valence-electron chi connectivity index (χ4n) is 1.58. The van der Waals surface area contributed by atoms with E-state index >= 15 is 0 Å². The zero-order valence-electron chi connectivity index (χ0n) is 10.9. The van der Waals surface area contributed by atoms with Crippen molar-refractivity contribution < 1.29 is 4.74 Å². The lowest BCUT2D eigenvalue weighted by atomic mass is 10.3. The molecule has 0 saturated heterocycles. The van der Waals surface area contributed by atoms with Gasteiger partial charge in [-0.15, -0.1) is 11.3 Å². The predicted octanol–water partition coefficient (Wildman–Crippen LogP) is 3.09. The molecule has 4 nitrogen and oxygen atoms in total. The van der Waals surface area contributed by atoms with Crippen LogP contribution < -0.4 is 5.32 Å². The number of nitrogens with one attached hydrogen (secondary N) is 1. The smallest absolute Gasteiger partial charge is 0.157 e. The molecule has 5 heteroatoms. The number of ether oxygens (including phenoxy) is 1. The number of rotatable bonds is 5. The van der Waals surface area contributed by atoms with Crippen molar-refractivity contribution >= 4 is 17.2 Å². The normalized spacial score (nSPS) is 10.6. The van der Waals surface area contributed by atoms with Crippen LogP contribution in [0.2, 0.25) is 0 Å². The molecular formula is C13H17N3OS. The molecule has 0 amide bonds. The van der Waals surface area contributed by atoms with Crippen molar-refractivity contribution in [2.45, 2.75) is 20.5 Å². The van der Waals surface area contributed by atoms with Crippen LogP contribution in [-0.2, 0) is 11.3 Å². The molecule has 0 aliphatic rings. The van der Waals surface area contributed by atoms with Crippen molar-refractivity contribution in [3.8, 4) is 10.6 Å². The van der Waals surface area contributed by atoms with Gasteiger partial charge in [-0.3, -0.25) is 0 Å². The van der Waals surface area contributed by atoms with Crippen LogP contribution in [0.5, 0.6) is 0 Å². The number of aromatic nitrogens is 2. The first-order chi connectivity index (χ1) is 8.72. The average molecular weight is 263 g/mol. The lowest BCUT2D eigenvalue weighted by molar-refractivity contribution is 0.128. The van der Waals surface area contributed by atoms with E-state index in [0.717, 1.165) is 16.4 Å². The molecule has 96 valence electrons. The molecule has 2 aromatic heterocycles. The van der Waals surface area contributed by atoms with E-state index in [4.69, 9.17) is 4.74 Å². The molecule has 0 aromatic carbocycles. The summed E-state index contributed by atoms with van der Waals surface area (Å²) in [6, 6.07) is 6.15. The molecule has 0 aliphatic carbocycles. The second kappa shape index (κ2) is 5.93. The van der Waals surface area contributed by atoms with Gasteiger partial charge in [0.2, 0.25) is 0 Å².